The van der Waals surface area contributed by atoms with Crippen molar-refractivity contribution >= 4 is 17.3 Å². The third kappa shape index (κ3) is 4.44. The van der Waals surface area contributed by atoms with Crippen LogP contribution in [0.25, 0.3) is 11.4 Å². The molecule has 10 nitrogen and oxygen atoms in total. The van der Waals surface area contributed by atoms with Crippen LogP contribution in [0.1, 0.15) is 23.2 Å². The van der Waals surface area contributed by atoms with Crippen LogP contribution in [0.5, 0.6) is 11.5 Å². The van der Waals surface area contributed by atoms with E-state index in [1.165, 1.54) is 6.20 Å². The van der Waals surface area contributed by atoms with Gasteiger partial charge >= 0.3 is 0 Å². The molecule has 0 aliphatic carbocycles. The SMILES string of the molecule is COc1ccc(N(C(=O)c2cccnc2)c2ccc(-c3nn[nH]n3)cc2)cc1OC1CCCO1. The lowest BCUT2D eigenvalue weighted by Crippen LogP contribution is -2.26. The van der Waals surface area contributed by atoms with Crippen molar-refractivity contribution in [3.8, 4) is 22.9 Å². The molecule has 5 rings (SSSR count). The fraction of sp³-hybridized carbons (Fsp3) is 0.208. The first kappa shape index (κ1) is 21.5. The maximum atomic E-state index is 13.6. The number of aromatic nitrogens is 5. The van der Waals surface area contributed by atoms with Gasteiger partial charge in [0.2, 0.25) is 5.82 Å². The first-order valence-electron chi connectivity index (χ1n) is 10.8. The van der Waals surface area contributed by atoms with Gasteiger partial charge in [-0.25, -0.2) is 0 Å². The number of benzene rings is 2. The molecule has 2 aromatic carbocycles. The molecule has 0 bridgehead atoms. The Kier molecular flexibility index (Phi) is 6.13. The molecule has 1 aliphatic rings. The zero-order valence-corrected chi connectivity index (χ0v) is 18.4. The van der Waals surface area contributed by atoms with E-state index in [0.29, 0.717) is 40.9 Å². The van der Waals surface area contributed by atoms with Crippen molar-refractivity contribution in [3.05, 3.63) is 72.6 Å². The molecule has 3 heterocycles. The number of ether oxygens (including phenoxy) is 3. The van der Waals surface area contributed by atoms with E-state index in [1.807, 2.05) is 30.3 Å². The number of H-pyrrole nitrogens is 1. The van der Waals surface area contributed by atoms with Crippen LogP contribution in [0.15, 0.2) is 67.0 Å². The van der Waals surface area contributed by atoms with E-state index in [0.717, 1.165) is 18.4 Å². The van der Waals surface area contributed by atoms with Crippen LogP contribution >= 0.6 is 0 Å². The van der Waals surface area contributed by atoms with Crippen LogP contribution in [0.3, 0.4) is 0 Å². The largest absolute Gasteiger partial charge is 0.493 e. The van der Waals surface area contributed by atoms with E-state index in [1.54, 1.807) is 42.5 Å². The second kappa shape index (κ2) is 9.67. The monoisotopic (exact) mass is 458 g/mol. The van der Waals surface area contributed by atoms with Crippen molar-refractivity contribution in [1.29, 1.82) is 0 Å². The summed E-state index contributed by atoms with van der Waals surface area (Å²) in [6.45, 7) is 0.658. The number of hydrogen-bond acceptors (Lipinski definition) is 8. The van der Waals surface area contributed by atoms with E-state index in [-0.39, 0.29) is 12.2 Å². The summed E-state index contributed by atoms with van der Waals surface area (Å²) in [7, 11) is 1.58. The van der Waals surface area contributed by atoms with Crippen LogP contribution < -0.4 is 14.4 Å². The highest BCUT2D eigenvalue weighted by Gasteiger charge is 2.24. The highest BCUT2D eigenvalue weighted by molar-refractivity contribution is 6.11. The molecule has 10 heteroatoms. The van der Waals surface area contributed by atoms with Crippen LogP contribution in [0, 0.1) is 0 Å². The molecule has 1 saturated heterocycles. The molecule has 34 heavy (non-hydrogen) atoms. The zero-order chi connectivity index (χ0) is 23.3. The number of tetrazole rings is 1. The van der Waals surface area contributed by atoms with Gasteiger partial charge in [0.1, 0.15) is 0 Å². The summed E-state index contributed by atoms with van der Waals surface area (Å²) < 4.78 is 17.2. The van der Waals surface area contributed by atoms with E-state index in [9.17, 15) is 4.79 Å². The van der Waals surface area contributed by atoms with Gasteiger partial charge in [-0.05, 0) is 60.2 Å². The van der Waals surface area contributed by atoms with Crippen molar-refractivity contribution in [2.75, 3.05) is 18.6 Å². The number of rotatable bonds is 7. The Balaban J connectivity index is 1.55. The Morgan fingerprint density at radius 1 is 1.12 bits per heavy atom. The second-order valence-corrected chi connectivity index (χ2v) is 7.56. The van der Waals surface area contributed by atoms with Gasteiger partial charge in [0.05, 0.1) is 25.0 Å². The number of carbonyl (C=O) groups is 1. The minimum absolute atomic E-state index is 0.242. The summed E-state index contributed by atoms with van der Waals surface area (Å²) >= 11 is 0. The van der Waals surface area contributed by atoms with Crippen LogP contribution in [-0.2, 0) is 4.74 Å². The maximum Gasteiger partial charge on any atom is 0.264 e. The number of anilines is 2. The molecule has 0 saturated carbocycles. The fourth-order valence-corrected chi connectivity index (χ4v) is 3.72. The smallest absolute Gasteiger partial charge is 0.264 e. The third-order valence-corrected chi connectivity index (χ3v) is 5.39. The molecule has 172 valence electrons. The van der Waals surface area contributed by atoms with Gasteiger partial charge < -0.3 is 14.2 Å². The zero-order valence-electron chi connectivity index (χ0n) is 18.4. The topological polar surface area (TPSA) is 115 Å². The Hall–Kier alpha value is -4.31. The maximum absolute atomic E-state index is 13.6. The third-order valence-electron chi connectivity index (χ3n) is 5.39. The molecule has 1 N–H and O–H groups in total. The second-order valence-electron chi connectivity index (χ2n) is 7.56. The quantitative estimate of drug-likeness (QED) is 0.445. The van der Waals surface area contributed by atoms with Gasteiger partial charge in [0.25, 0.3) is 5.91 Å². The van der Waals surface area contributed by atoms with Crippen LogP contribution in [0.2, 0.25) is 0 Å². The number of nitrogens with one attached hydrogen (secondary N) is 1. The Bertz CT molecular complexity index is 1240. The van der Waals surface area contributed by atoms with Crippen LogP contribution in [-0.4, -0.2) is 51.5 Å². The van der Waals surface area contributed by atoms with Crippen molar-refractivity contribution in [3.63, 3.8) is 0 Å². The number of nitrogens with zero attached hydrogens (tertiary/aromatic N) is 5. The van der Waals surface area contributed by atoms with Gasteiger partial charge in [-0.2, -0.15) is 5.21 Å². The summed E-state index contributed by atoms with van der Waals surface area (Å²) in [6.07, 6.45) is 4.55. The molecule has 1 fully saturated rings. The van der Waals surface area contributed by atoms with Crippen molar-refractivity contribution in [2.24, 2.45) is 0 Å². The summed E-state index contributed by atoms with van der Waals surface area (Å²) in [5, 5.41) is 14.0. The molecule has 2 aromatic heterocycles. The molecule has 1 amide bonds. The lowest BCUT2D eigenvalue weighted by Gasteiger charge is -2.25. The first-order chi connectivity index (χ1) is 16.7. The van der Waals surface area contributed by atoms with Gasteiger partial charge in [-0.15, -0.1) is 10.2 Å². The number of carbonyl (C=O) groups excluding carboxylic acids is 1. The van der Waals surface area contributed by atoms with Crippen LogP contribution in [0.4, 0.5) is 11.4 Å². The molecular formula is C24H22N6O4. The summed E-state index contributed by atoms with van der Waals surface area (Å²) in [5.41, 5.74) is 2.47. The van der Waals surface area contributed by atoms with Crippen molar-refractivity contribution in [1.82, 2.24) is 25.6 Å². The van der Waals surface area contributed by atoms with Gasteiger partial charge in [0, 0.05) is 36.1 Å². The first-order valence-corrected chi connectivity index (χ1v) is 10.8. The molecule has 0 radical (unpaired) electrons. The predicted molar refractivity (Wildman–Crippen MR) is 123 cm³/mol. The molecule has 0 spiro atoms. The number of pyridine rings is 1. The lowest BCUT2D eigenvalue weighted by molar-refractivity contribution is -0.0402. The van der Waals surface area contributed by atoms with E-state index < -0.39 is 0 Å². The standard InChI is InChI=1S/C24H22N6O4/c1-32-20-11-10-19(14-21(20)34-22-5-3-13-33-22)30(24(31)17-4-2-12-25-15-17)18-8-6-16(7-9-18)23-26-28-29-27-23/h2,4,6-12,14-15,22H,3,5,13H2,1H3,(H,26,27,28,29). The number of aromatic amines is 1. The lowest BCUT2D eigenvalue weighted by atomic mass is 10.1. The van der Waals surface area contributed by atoms with E-state index in [4.69, 9.17) is 14.2 Å². The number of amides is 1. The Labute approximate surface area is 195 Å². The Morgan fingerprint density at radius 3 is 2.65 bits per heavy atom. The van der Waals surface area contributed by atoms with Gasteiger partial charge in [0.15, 0.2) is 17.8 Å². The molecular weight excluding hydrogens is 436 g/mol. The predicted octanol–water partition coefficient (Wildman–Crippen LogP) is 3.76. The van der Waals surface area contributed by atoms with E-state index >= 15 is 0 Å². The molecule has 1 unspecified atom stereocenters. The summed E-state index contributed by atoms with van der Waals surface area (Å²) in [6, 6.07) is 16.1. The van der Waals surface area contributed by atoms with Gasteiger partial charge in [-0.3, -0.25) is 14.7 Å². The van der Waals surface area contributed by atoms with Crippen molar-refractivity contribution < 1.29 is 19.0 Å². The summed E-state index contributed by atoms with van der Waals surface area (Å²) in [5.74, 6) is 1.28. The molecule has 1 atom stereocenters. The molecule has 1 aliphatic heterocycles. The van der Waals surface area contributed by atoms with Crippen molar-refractivity contribution in [2.45, 2.75) is 19.1 Å². The minimum atomic E-state index is -0.346. The highest BCUT2D eigenvalue weighted by atomic mass is 16.7. The van der Waals surface area contributed by atoms with Gasteiger partial charge in [-0.1, -0.05) is 0 Å². The molecule has 4 aromatic rings. The normalized spacial score (nSPS) is 15.1. The summed E-state index contributed by atoms with van der Waals surface area (Å²) in [4.78, 5) is 19.3. The Morgan fingerprint density at radius 2 is 1.97 bits per heavy atom. The average Bonchev–Trinajstić information content (AvgIpc) is 3.60. The fourth-order valence-electron chi connectivity index (χ4n) is 3.72. The average molecular weight is 458 g/mol. The highest BCUT2D eigenvalue weighted by Crippen LogP contribution is 2.37. The number of hydrogen-bond donors (Lipinski definition) is 1. The minimum Gasteiger partial charge on any atom is -0.493 e. The number of methoxy groups -OCH3 is 1. The van der Waals surface area contributed by atoms with E-state index in [2.05, 4.69) is 25.6 Å².